The van der Waals surface area contributed by atoms with Crippen LogP contribution < -0.4 is 0 Å². The minimum Gasteiger partial charge on any atom is -0.0839 e. The summed E-state index contributed by atoms with van der Waals surface area (Å²) in [5, 5.41) is 0. The first-order chi connectivity index (χ1) is 10.3. The van der Waals surface area contributed by atoms with Crippen LogP contribution in [0.25, 0.3) is 11.1 Å². The molecule has 0 nitrogen and oxygen atoms in total. The van der Waals surface area contributed by atoms with Crippen molar-refractivity contribution in [3.63, 3.8) is 0 Å². The Bertz CT molecular complexity index is 538. The van der Waals surface area contributed by atoms with Crippen LogP contribution in [0.5, 0.6) is 0 Å². The Labute approximate surface area is 136 Å². The molecule has 2 aromatic rings. The largest absolute Gasteiger partial charge is 0.0839 e. The van der Waals surface area contributed by atoms with Crippen molar-refractivity contribution in [2.45, 2.75) is 43.4 Å². The van der Waals surface area contributed by atoms with E-state index in [2.05, 4.69) is 70.5 Å². The summed E-state index contributed by atoms with van der Waals surface area (Å²) in [6.07, 6.45) is 8.43. The number of hydrogen-bond acceptors (Lipinski definition) is 0. The van der Waals surface area contributed by atoms with E-state index in [0.29, 0.717) is 4.83 Å². The molecule has 1 atom stereocenters. The fourth-order valence-corrected chi connectivity index (χ4v) is 3.93. The highest BCUT2D eigenvalue weighted by Gasteiger charge is 2.17. The van der Waals surface area contributed by atoms with Gasteiger partial charge in [0.15, 0.2) is 0 Å². The molecule has 0 spiro atoms. The maximum atomic E-state index is 3.87. The zero-order chi connectivity index (χ0) is 14.5. The summed E-state index contributed by atoms with van der Waals surface area (Å²) in [7, 11) is 0. The lowest BCUT2D eigenvalue weighted by atomic mass is 9.97. The minimum atomic E-state index is 0.503. The number of rotatable bonds is 5. The van der Waals surface area contributed by atoms with Crippen molar-refractivity contribution in [2.75, 3.05) is 0 Å². The Hall–Kier alpha value is -1.08. The van der Waals surface area contributed by atoms with Crippen LogP contribution in [0.1, 0.15) is 48.9 Å². The summed E-state index contributed by atoms with van der Waals surface area (Å²) in [6.45, 7) is 0. The summed E-state index contributed by atoms with van der Waals surface area (Å²) < 4.78 is 0. The number of alkyl halides is 1. The highest BCUT2D eigenvalue weighted by atomic mass is 79.9. The molecule has 21 heavy (non-hydrogen) atoms. The van der Waals surface area contributed by atoms with Gasteiger partial charge in [-0.25, -0.2) is 0 Å². The Morgan fingerprint density at radius 2 is 1.48 bits per heavy atom. The Morgan fingerprint density at radius 3 is 2.14 bits per heavy atom. The second-order valence-corrected chi connectivity index (χ2v) is 7.29. The number of benzene rings is 2. The minimum absolute atomic E-state index is 0.503. The van der Waals surface area contributed by atoms with Gasteiger partial charge in [-0.15, -0.1) is 0 Å². The molecule has 1 saturated carbocycles. The molecule has 0 aliphatic heterocycles. The molecule has 0 amide bonds. The SMILES string of the molecule is BrC(CCC1CCCC1)c1ccc(-c2ccccc2)cc1. The average Bonchev–Trinajstić information content (AvgIpc) is 3.07. The van der Waals surface area contributed by atoms with Crippen LogP contribution >= 0.6 is 15.9 Å². The van der Waals surface area contributed by atoms with Gasteiger partial charge < -0.3 is 0 Å². The van der Waals surface area contributed by atoms with E-state index in [1.54, 1.807) is 0 Å². The fraction of sp³-hybridized carbons (Fsp3) is 0.400. The molecule has 1 heteroatoms. The van der Waals surface area contributed by atoms with Crippen LogP contribution in [-0.4, -0.2) is 0 Å². The summed E-state index contributed by atoms with van der Waals surface area (Å²) in [4.78, 5) is 0.503. The summed E-state index contributed by atoms with van der Waals surface area (Å²) in [5.41, 5.74) is 4.00. The first-order valence-corrected chi connectivity index (χ1v) is 9.04. The highest BCUT2D eigenvalue weighted by molar-refractivity contribution is 9.09. The predicted octanol–water partition coefficient (Wildman–Crippen LogP) is 6.76. The van der Waals surface area contributed by atoms with E-state index < -0.39 is 0 Å². The van der Waals surface area contributed by atoms with Crippen molar-refractivity contribution >= 4 is 15.9 Å². The van der Waals surface area contributed by atoms with E-state index in [4.69, 9.17) is 0 Å². The van der Waals surface area contributed by atoms with Crippen molar-refractivity contribution in [1.29, 1.82) is 0 Å². The van der Waals surface area contributed by atoms with Gasteiger partial charge >= 0.3 is 0 Å². The Balaban J connectivity index is 1.60. The van der Waals surface area contributed by atoms with Crippen molar-refractivity contribution in [3.05, 3.63) is 60.2 Å². The average molecular weight is 343 g/mol. The number of hydrogen-bond donors (Lipinski definition) is 0. The lowest BCUT2D eigenvalue weighted by Gasteiger charge is -2.14. The molecule has 0 heterocycles. The molecule has 0 bridgehead atoms. The predicted molar refractivity (Wildman–Crippen MR) is 94.7 cm³/mol. The van der Waals surface area contributed by atoms with Crippen LogP contribution in [-0.2, 0) is 0 Å². The van der Waals surface area contributed by atoms with Gasteiger partial charge in [-0.1, -0.05) is 96.2 Å². The van der Waals surface area contributed by atoms with Crippen LogP contribution in [0.15, 0.2) is 54.6 Å². The quantitative estimate of drug-likeness (QED) is 0.526. The molecular weight excluding hydrogens is 320 g/mol. The fourth-order valence-electron chi connectivity index (χ4n) is 3.36. The molecule has 2 aromatic carbocycles. The molecule has 1 unspecified atom stereocenters. The van der Waals surface area contributed by atoms with Gasteiger partial charge in [-0.3, -0.25) is 0 Å². The van der Waals surface area contributed by atoms with E-state index in [9.17, 15) is 0 Å². The van der Waals surface area contributed by atoms with Gasteiger partial charge in [0.2, 0.25) is 0 Å². The van der Waals surface area contributed by atoms with Gasteiger partial charge in [0.1, 0.15) is 0 Å². The third kappa shape index (κ3) is 3.97. The third-order valence-corrected chi connectivity index (χ3v) is 5.67. The summed E-state index contributed by atoms with van der Waals surface area (Å²) in [5.74, 6) is 0.980. The first kappa shape index (κ1) is 14.8. The normalized spacial score (nSPS) is 17.0. The molecule has 3 rings (SSSR count). The molecule has 1 fully saturated rings. The smallest absolute Gasteiger partial charge is 0.0395 e. The van der Waals surface area contributed by atoms with E-state index in [-0.39, 0.29) is 0 Å². The first-order valence-electron chi connectivity index (χ1n) is 8.12. The van der Waals surface area contributed by atoms with E-state index >= 15 is 0 Å². The lowest BCUT2D eigenvalue weighted by Crippen LogP contribution is -1.97. The summed E-state index contributed by atoms with van der Waals surface area (Å²) >= 11 is 3.87. The molecule has 0 N–H and O–H groups in total. The van der Waals surface area contributed by atoms with Crippen molar-refractivity contribution in [3.8, 4) is 11.1 Å². The molecule has 0 saturated heterocycles. The van der Waals surface area contributed by atoms with Crippen LogP contribution in [0, 0.1) is 5.92 Å². The van der Waals surface area contributed by atoms with E-state index in [1.165, 1.54) is 55.2 Å². The van der Waals surface area contributed by atoms with Gasteiger partial charge in [-0.05, 0) is 35.4 Å². The molecule has 1 aliphatic rings. The van der Waals surface area contributed by atoms with Crippen molar-refractivity contribution in [2.24, 2.45) is 5.92 Å². The second kappa shape index (κ2) is 7.26. The Morgan fingerprint density at radius 1 is 0.857 bits per heavy atom. The third-order valence-electron chi connectivity index (χ3n) is 4.68. The van der Waals surface area contributed by atoms with Crippen molar-refractivity contribution < 1.29 is 0 Å². The van der Waals surface area contributed by atoms with E-state index in [0.717, 1.165) is 5.92 Å². The number of halogens is 1. The monoisotopic (exact) mass is 342 g/mol. The van der Waals surface area contributed by atoms with E-state index in [1.807, 2.05) is 0 Å². The van der Waals surface area contributed by atoms with Gasteiger partial charge in [0.25, 0.3) is 0 Å². The lowest BCUT2D eigenvalue weighted by molar-refractivity contribution is 0.483. The standard InChI is InChI=1S/C20H23Br/c21-20(15-10-16-6-4-5-7-16)19-13-11-18(12-14-19)17-8-2-1-3-9-17/h1-3,8-9,11-14,16,20H,4-7,10,15H2. The highest BCUT2D eigenvalue weighted by Crippen LogP contribution is 2.35. The second-order valence-electron chi connectivity index (χ2n) is 6.18. The zero-order valence-corrected chi connectivity index (χ0v) is 14.1. The topological polar surface area (TPSA) is 0 Å². The van der Waals surface area contributed by atoms with Crippen molar-refractivity contribution in [1.82, 2.24) is 0 Å². The van der Waals surface area contributed by atoms with Gasteiger partial charge in [0.05, 0.1) is 0 Å². The van der Waals surface area contributed by atoms with Crippen LogP contribution in [0.2, 0.25) is 0 Å². The Kier molecular flexibility index (Phi) is 5.13. The van der Waals surface area contributed by atoms with Gasteiger partial charge in [0, 0.05) is 4.83 Å². The molecule has 0 aromatic heterocycles. The maximum Gasteiger partial charge on any atom is 0.0395 e. The van der Waals surface area contributed by atoms with Gasteiger partial charge in [-0.2, -0.15) is 0 Å². The summed E-state index contributed by atoms with van der Waals surface area (Å²) in [6, 6.07) is 19.6. The molecule has 0 radical (unpaired) electrons. The molecular formula is C20H23Br. The van der Waals surface area contributed by atoms with Crippen LogP contribution in [0.3, 0.4) is 0 Å². The maximum absolute atomic E-state index is 3.87. The van der Waals surface area contributed by atoms with Crippen LogP contribution in [0.4, 0.5) is 0 Å². The molecule has 1 aliphatic carbocycles. The zero-order valence-electron chi connectivity index (χ0n) is 12.5. The molecule has 110 valence electrons.